The summed E-state index contributed by atoms with van der Waals surface area (Å²) in [5.41, 5.74) is 10.8. The molecule has 1 aromatic heterocycles. The van der Waals surface area contributed by atoms with E-state index in [0.717, 1.165) is 64.8 Å². The van der Waals surface area contributed by atoms with Crippen LogP contribution in [0.3, 0.4) is 0 Å². The van der Waals surface area contributed by atoms with Crippen molar-refractivity contribution >= 4 is 5.82 Å². The van der Waals surface area contributed by atoms with Crippen molar-refractivity contribution in [1.29, 1.82) is 0 Å². The predicted molar refractivity (Wildman–Crippen MR) is 237 cm³/mol. The normalized spacial score (nSPS) is 17.0. The van der Waals surface area contributed by atoms with Crippen molar-refractivity contribution < 1.29 is 14.2 Å². The lowest BCUT2D eigenvalue weighted by Crippen LogP contribution is -2.33. The fraction of sp³-hybridized carbons (Fsp3) is 0.241. The lowest BCUT2D eigenvalue weighted by molar-refractivity contribution is -0.000280. The Hall–Kier alpha value is -6.17. The maximum absolute atomic E-state index is 7.52. The number of pyridine rings is 1. The first-order valence-electron chi connectivity index (χ1n) is 21.0. The molecule has 0 unspecified atom stereocenters. The maximum atomic E-state index is 7.52. The van der Waals surface area contributed by atoms with Crippen molar-refractivity contribution in [3.8, 4) is 11.5 Å². The second-order valence-corrected chi connectivity index (χ2v) is 16.3. The number of rotatable bonds is 13. The second kappa shape index (κ2) is 16.6. The molecule has 2 aliphatic rings. The number of nitrogens with zero attached hydrogens (tertiary/aromatic N) is 2. The Morgan fingerprint density at radius 3 is 1.92 bits per heavy atom. The minimum Gasteiger partial charge on any atom is -0.497 e. The van der Waals surface area contributed by atoms with Crippen molar-refractivity contribution in [3.63, 3.8) is 0 Å². The van der Waals surface area contributed by atoms with Crippen LogP contribution in [-0.4, -0.2) is 24.7 Å². The average Bonchev–Trinajstić information content (AvgIpc) is 3.88. The van der Waals surface area contributed by atoms with Crippen LogP contribution in [0.1, 0.15) is 88.4 Å². The first kappa shape index (κ1) is 38.4. The predicted octanol–water partition coefficient (Wildman–Crippen LogP) is 11.9. The lowest BCUT2D eigenvalue weighted by Gasteiger charge is -2.36. The first-order valence-corrected chi connectivity index (χ1v) is 21.0. The Morgan fingerprint density at radius 2 is 1.31 bits per heavy atom. The number of benzene rings is 6. The van der Waals surface area contributed by atoms with Gasteiger partial charge in [-0.05, 0) is 94.1 Å². The SMILES string of the molecule is COc1ccc([C@@H]2c3nc(N(Cc4ccccc4)C(C)C)ccc3[C@H](c3ccc4c(c3)OCC4)[C@H]2C)c(COC(c2ccccc2)(c2ccccc2)c2ccccc2)c1. The van der Waals surface area contributed by atoms with Gasteiger partial charge < -0.3 is 19.1 Å². The van der Waals surface area contributed by atoms with E-state index in [0.29, 0.717) is 6.61 Å². The number of fused-ring (bicyclic) bond motifs is 2. The molecule has 0 spiro atoms. The summed E-state index contributed by atoms with van der Waals surface area (Å²) in [5.74, 6) is 3.09. The largest absolute Gasteiger partial charge is 0.497 e. The van der Waals surface area contributed by atoms with Crippen molar-refractivity contribution in [3.05, 3.63) is 226 Å². The van der Waals surface area contributed by atoms with E-state index in [1.165, 1.54) is 27.8 Å². The van der Waals surface area contributed by atoms with Crippen LogP contribution in [-0.2, 0) is 29.9 Å². The van der Waals surface area contributed by atoms with Gasteiger partial charge in [0.25, 0.3) is 0 Å². The Bertz CT molecular complexity index is 2410. The van der Waals surface area contributed by atoms with Gasteiger partial charge in [-0.15, -0.1) is 0 Å². The Morgan fingerprint density at radius 1 is 0.695 bits per heavy atom. The van der Waals surface area contributed by atoms with Gasteiger partial charge in [0.2, 0.25) is 0 Å². The maximum Gasteiger partial charge on any atom is 0.144 e. The molecule has 0 saturated heterocycles. The van der Waals surface area contributed by atoms with Crippen LogP contribution >= 0.6 is 0 Å². The number of anilines is 1. The van der Waals surface area contributed by atoms with Gasteiger partial charge in [-0.25, -0.2) is 4.98 Å². The summed E-state index contributed by atoms with van der Waals surface area (Å²) in [7, 11) is 1.74. The molecule has 0 N–H and O–H groups in total. The van der Waals surface area contributed by atoms with Crippen LogP contribution in [0, 0.1) is 5.92 Å². The summed E-state index contributed by atoms with van der Waals surface area (Å²) in [6.45, 7) is 8.75. The van der Waals surface area contributed by atoms with Crippen LogP contribution in [0.4, 0.5) is 5.82 Å². The molecule has 0 fully saturated rings. The topological polar surface area (TPSA) is 43.8 Å². The summed E-state index contributed by atoms with van der Waals surface area (Å²) in [4.78, 5) is 8.10. The monoisotopic (exact) mass is 776 g/mol. The van der Waals surface area contributed by atoms with E-state index in [-0.39, 0.29) is 23.8 Å². The quantitative estimate of drug-likeness (QED) is 0.109. The van der Waals surface area contributed by atoms with Gasteiger partial charge in [0.05, 0.1) is 26.0 Å². The number of hydrogen-bond donors (Lipinski definition) is 0. The zero-order valence-electron chi connectivity index (χ0n) is 34.4. The van der Waals surface area contributed by atoms with Gasteiger partial charge in [-0.1, -0.05) is 153 Å². The highest BCUT2D eigenvalue weighted by molar-refractivity contribution is 5.56. The van der Waals surface area contributed by atoms with Crippen molar-refractivity contribution in [1.82, 2.24) is 4.98 Å². The van der Waals surface area contributed by atoms with Crippen molar-refractivity contribution in [2.24, 2.45) is 5.92 Å². The number of methoxy groups -OCH3 is 1. The molecular weight excluding hydrogens is 725 g/mol. The minimum atomic E-state index is -0.878. The summed E-state index contributed by atoms with van der Waals surface area (Å²) < 4.78 is 19.6. The molecule has 5 nitrogen and oxygen atoms in total. The van der Waals surface area contributed by atoms with Gasteiger partial charge in [0, 0.05) is 30.8 Å². The molecule has 296 valence electrons. The van der Waals surface area contributed by atoms with E-state index in [1.807, 2.05) is 0 Å². The summed E-state index contributed by atoms with van der Waals surface area (Å²) in [6.07, 6.45) is 0.956. The number of ether oxygens (including phenoxy) is 3. The zero-order valence-corrected chi connectivity index (χ0v) is 34.4. The molecule has 6 aromatic carbocycles. The minimum absolute atomic E-state index is 0.0149. The molecule has 0 bridgehead atoms. The van der Waals surface area contributed by atoms with E-state index in [2.05, 4.69) is 196 Å². The molecule has 0 amide bonds. The highest BCUT2D eigenvalue weighted by Crippen LogP contribution is 2.54. The molecule has 59 heavy (non-hydrogen) atoms. The highest BCUT2D eigenvalue weighted by Gasteiger charge is 2.43. The third-order valence-electron chi connectivity index (χ3n) is 12.5. The lowest BCUT2D eigenvalue weighted by atomic mass is 9.79. The van der Waals surface area contributed by atoms with E-state index >= 15 is 0 Å². The molecule has 1 aliphatic heterocycles. The molecule has 9 rings (SSSR count). The summed E-state index contributed by atoms with van der Waals surface area (Å²) in [6, 6.07) is 60.7. The molecular formula is C54H52N2O3. The summed E-state index contributed by atoms with van der Waals surface area (Å²) in [5, 5.41) is 0. The van der Waals surface area contributed by atoms with E-state index < -0.39 is 5.60 Å². The van der Waals surface area contributed by atoms with Gasteiger partial charge >= 0.3 is 0 Å². The molecule has 5 heteroatoms. The van der Waals surface area contributed by atoms with E-state index in [1.54, 1.807) is 7.11 Å². The molecule has 1 aliphatic carbocycles. The van der Waals surface area contributed by atoms with Crippen molar-refractivity contribution in [2.75, 3.05) is 18.6 Å². The molecule has 0 radical (unpaired) electrons. The fourth-order valence-electron chi connectivity index (χ4n) is 9.56. The van der Waals surface area contributed by atoms with E-state index in [4.69, 9.17) is 19.2 Å². The van der Waals surface area contributed by atoms with E-state index in [9.17, 15) is 0 Å². The van der Waals surface area contributed by atoms with Gasteiger partial charge in [-0.3, -0.25) is 0 Å². The first-order chi connectivity index (χ1) is 28.9. The average molecular weight is 777 g/mol. The fourth-order valence-corrected chi connectivity index (χ4v) is 9.56. The highest BCUT2D eigenvalue weighted by atomic mass is 16.5. The Kier molecular flexibility index (Phi) is 10.8. The zero-order chi connectivity index (χ0) is 40.3. The second-order valence-electron chi connectivity index (χ2n) is 16.3. The van der Waals surface area contributed by atoms with Crippen LogP contribution in [0.25, 0.3) is 0 Å². The van der Waals surface area contributed by atoms with Crippen molar-refractivity contribution in [2.45, 2.75) is 63.8 Å². The molecule has 3 atom stereocenters. The molecule has 2 heterocycles. The molecule has 7 aromatic rings. The van der Waals surface area contributed by atoms with Crippen LogP contribution in [0.5, 0.6) is 11.5 Å². The summed E-state index contributed by atoms with van der Waals surface area (Å²) >= 11 is 0. The smallest absolute Gasteiger partial charge is 0.144 e. The van der Waals surface area contributed by atoms with Crippen LogP contribution < -0.4 is 14.4 Å². The van der Waals surface area contributed by atoms with Crippen LogP contribution in [0.2, 0.25) is 0 Å². The Labute approximate surface area is 349 Å². The van der Waals surface area contributed by atoms with Gasteiger partial charge in [0.15, 0.2) is 0 Å². The number of hydrogen-bond acceptors (Lipinski definition) is 5. The van der Waals surface area contributed by atoms with Gasteiger partial charge in [0.1, 0.15) is 22.9 Å². The van der Waals surface area contributed by atoms with Crippen LogP contribution in [0.15, 0.2) is 170 Å². The van der Waals surface area contributed by atoms with Gasteiger partial charge in [-0.2, -0.15) is 0 Å². The molecule has 0 saturated carbocycles. The number of aromatic nitrogens is 1. The Balaban J connectivity index is 1.19. The third kappa shape index (κ3) is 7.29. The third-order valence-corrected chi connectivity index (χ3v) is 12.5. The standard InChI is InChI=1S/C54H52N2O3/c1-37(2)56(35-39-17-9-5-10-18-39)50-30-29-48-51(41-26-25-40-31-32-58-49(40)34-41)38(3)52(53(48)55-50)47-28-27-46(57-4)33-42(47)36-59-54(43-19-11-6-12-20-43,44-21-13-7-14-22-44)45-23-15-8-16-24-45/h5-30,33-34,37-38,51-52H,31-32,35-36H2,1-4H3/t38-,51+,52-/m1/s1.